The van der Waals surface area contributed by atoms with Crippen molar-refractivity contribution >= 4 is 5.65 Å². The van der Waals surface area contributed by atoms with Crippen molar-refractivity contribution in [1.29, 1.82) is 5.26 Å². The lowest BCUT2D eigenvalue weighted by Crippen LogP contribution is -2.25. The van der Waals surface area contributed by atoms with Gasteiger partial charge in [0.15, 0.2) is 0 Å². The zero-order valence-electron chi connectivity index (χ0n) is 12.3. The van der Waals surface area contributed by atoms with Crippen LogP contribution in [0.1, 0.15) is 23.9 Å². The highest BCUT2D eigenvalue weighted by Gasteiger charge is 2.18. The van der Waals surface area contributed by atoms with Crippen molar-refractivity contribution in [3.05, 3.63) is 35.8 Å². The molecule has 2 rings (SSSR count). The fourth-order valence-corrected chi connectivity index (χ4v) is 2.33. The van der Waals surface area contributed by atoms with Crippen molar-refractivity contribution in [1.82, 2.24) is 19.6 Å². The third kappa shape index (κ3) is 3.16. The average Bonchev–Trinajstić information content (AvgIpc) is 2.75. The van der Waals surface area contributed by atoms with Crippen molar-refractivity contribution in [2.24, 2.45) is 0 Å². The highest BCUT2D eigenvalue weighted by Crippen LogP contribution is 2.19. The first kappa shape index (κ1) is 14.5. The minimum Gasteiger partial charge on any atom is -0.309 e. The summed E-state index contributed by atoms with van der Waals surface area (Å²) < 4.78 is 1.99. The maximum atomic E-state index is 9.43. The van der Waals surface area contributed by atoms with Crippen LogP contribution in [0.15, 0.2) is 24.4 Å². The number of nitriles is 1. The van der Waals surface area contributed by atoms with Gasteiger partial charge < -0.3 is 9.30 Å². The van der Waals surface area contributed by atoms with Crippen molar-refractivity contribution < 1.29 is 0 Å². The normalized spacial score (nSPS) is 12.8. The monoisotopic (exact) mass is 271 g/mol. The van der Waals surface area contributed by atoms with Gasteiger partial charge in [0.1, 0.15) is 11.7 Å². The third-order valence-corrected chi connectivity index (χ3v) is 3.28. The van der Waals surface area contributed by atoms with E-state index in [9.17, 15) is 5.26 Å². The van der Waals surface area contributed by atoms with Gasteiger partial charge in [0.05, 0.1) is 17.5 Å². The van der Waals surface area contributed by atoms with Gasteiger partial charge in [-0.1, -0.05) is 6.07 Å². The van der Waals surface area contributed by atoms with Crippen LogP contribution in [0.3, 0.4) is 0 Å². The van der Waals surface area contributed by atoms with Crippen LogP contribution in [0.2, 0.25) is 0 Å². The summed E-state index contributed by atoms with van der Waals surface area (Å²) in [4.78, 5) is 6.64. The van der Waals surface area contributed by atoms with Crippen molar-refractivity contribution in [3.63, 3.8) is 0 Å². The van der Waals surface area contributed by atoms with Gasteiger partial charge in [-0.2, -0.15) is 5.26 Å². The number of nitrogens with zero attached hydrogens (tertiary/aromatic N) is 4. The van der Waals surface area contributed by atoms with Crippen LogP contribution in [0.5, 0.6) is 0 Å². The molecule has 0 saturated heterocycles. The van der Waals surface area contributed by atoms with Gasteiger partial charge in [-0.15, -0.1) is 0 Å². The van der Waals surface area contributed by atoms with Crippen LogP contribution in [-0.2, 0) is 0 Å². The molecule has 106 valence electrons. The number of rotatable bonds is 6. The summed E-state index contributed by atoms with van der Waals surface area (Å²) in [6.45, 7) is 3.78. The SMILES string of the molecule is Cc1nc2ccccn2c1C(C#N)NCCCN(C)C. The number of imidazole rings is 1. The summed E-state index contributed by atoms with van der Waals surface area (Å²) in [7, 11) is 4.10. The fourth-order valence-electron chi connectivity index (χ4n) is 2.33. The summed E-state index contributed by atoms with van der Waals surface area (Å²) in [6, 6.07) is 7.88. The summed E-state index contributed by atoms with van der Waals surface area (Å²) >= 11 is 0. The minimum atomic E-state index is -0.324. The molecule has 1 atom stereocenters. The second kappa shape index (κ2) is 6.51. The van der Waals surface area contributed by atoms with E-state index in [4.69, 9.17) is 0 Å². The molecule has 0 aromatic carbocycles. The quantitative estimate of drug-likeness (QED) is 0.813. The highest BCUT2D eigenvalue weighted by atomic mass is 15.1. The summed E-state index contributed by atoms with van der Waals surface area (Å²) in [5, 5.41) is 12.7. The molecule has 2 heterocycles. The van der Waals surface area contributed by atoms with E-state index in [2.05, 4.69) is 35.4 Å². The van der Waals surface area contributed by atoms with E-state index in [1.165, 1.54) is 0 Å². The number of nitrogens with one attached hydrogen (secondary N) is 1. The highest BCUT2D eigenvalue weighted by molar-refractivity contribution is 5.44. The van der Waals surface area contributed by atoms with Gasteiger partial charge >= 0.3 is 0 Å². The van der Waals surface area contributed by atoms with Crippen molar-refractivity contribution in [3.8, 4) is 6.07 Å². The smallest absolute Gasteiger partial charge is 0.138 e. The van der Waals surface area contributed by atoms with Gasteiger partial charge in [-0.05, 0) is 52.7 Å². The molecule has 0 spiro atoms. The molecule has 0 aliphatic carbocycles. The molecular weight excluding hydrogens is 250 g/mol. The number of fused-ring (bicyclic) bond motifs is 1. The Morgan fingerprint density at radius 1 is 1.45 bits per heavy atom. The van der Waals surface area contributed by atoms with Gasteiger partial charge in [0.25, 0.3) is 0 Å². The lowest BCUT2D eigenvalue weighted by atomic mass is 10.2. The molecule has 0 fully saturated rings. The largest absolute Gasteiger partial charge is 0.309 e. The van der Waals surface area contributed by atoms with Crippen molar-refractivity contribution in [2.75, 3.05) is 27.2 Å². The zero-order chi connectivity index (χ0) is 14.5. The van der Waals surface area contributed by atoms with Crippen LogP contribution >= 0.6 is 0 Å². The second-order valence-corrected chi connectivity index (χ2v) is 5.18. The standard InChI is InChI=1S/C15H21N5/c1-12-15(20-10-5-4-7-14(20)18-12)13(11-16)17-8-6-9-19(2)3/h4-5,7,10,13,17H,6,8-9H2,1-3H3. The second-order valence-electron chi connectivity index (χ2n) is 5.18. The van der Waals surface area contributed by atoms with E-state index >= 15 is 0 Å². The number of hydrogen-bond acceptors (Lipinski definition) is 4. The van der Waals surface area contributed by atoms with E-state index in [1.807, 2.05) is 35.7 Å². The number of hydrogen-bond donors (Lipinski definition) is 1. The molecule has 20 heavy (non-hydrogen) atoms. The molecule has 1 unspecified atom stereocenters. The van der Waals surface area contributed by atoms with Gasteiger partial charge in [-0.25, -0.2) is 4.98 Å². The van der Waals surface area contributed by atoms with Gasteiger partial charge in [-0.3, -0.25) is 5.32 Å². The predicted molar refractivity (Wildman–Crippen MR) is 79.5 cm³/mol. The molecule has 5 heteroatoms. The zero-order valence-corrected chi connectivity index (χ0v) is 12.3. The maximum absolute atomic E-state index is 9.43. The molecule has 0 bridgehead atoms. The van der Waals surface area contributed by atoms with E-state index in [1.54, 1.807) is 0 Å². The first-order chi connectivity index (χ1) is 9.63. The Labute approximate surface area is 119 Å². The lowest BCUT2D eigenvalue weighted by Gasteiger charge is -2.14. The molecule has 0 aliphatic heterocycles. The van der Waals surface area contributed by atoms with Crippen LogP contribution < -0.4 is 5.32 Å². The molecule has 0 radical (unpaired) electrons. The predicted octanol–water partition coefficient (Wildman–Crippen LogP) is 1.75. The van der Waals surface area contributed by atoms with E-state index in [-0.39, 0.29) is 6.04 Å². The average molecular weight is 271 g/mol. The van der Waals surface area contributed by atoms with Crippen LogP contribution in [0, 0.1) is 18.3 Å². The maximum Gasteiger partial charge on any atom is 0.138 e. The molecule has 1 N–H and O–H groups in total. The minimum absolute atomic E-state index is 0.324. The molecule has 0 amide bonds. The molecule has 2 aromatic heterocycles. The number of aromatic nitrogens is 2. The Hall–Kier alpha value is -1.90. The summed E-state index contributed by atoms with van der Waals surface area (Å²) in [5.41, 5.74) is 2.73. The first-order valence-electron chi connectivity index (χ1n) is 6.85. The van der Waals surface area contributed by atoms with Crippen LogP contribution in [0.25, 0.3) is 5.65 Å². The Balaban J connectivity index is 2.14. The van der Waals surface area contributed by atoms with Crippen LogP contribution in [0.4, 0.5) is 0 Å². The topological polar surface area (TPSA) is 56.4 Å². The Bertz CT molecular complexity index is 608. The molecule has 0 aliphatic rings. The molecule has 2 aromatic rings. The lowest BCUT2D eigenvalue weighted by molar-refractivity contribution is 0.391. The Morgan fingerprint density at radius 2 is 2.25 bits per heavy atom. The fraction of sp³-hybridized carbons (Fsp3) is 0.467. The molecule has 5 nitrogen and oxygen atoms in total. The molecular formula is C15H21N5. The number of pyridine rings is 1. The Morgan fingerprint density at radius 3 is 2.95 bits per heavy atom. The van der Waals surface area contributed by atoms with Gasteiger partial charge in [0.2, 0.25) is 0 Å². The van der Waals surface area contributed by atoms with Crippen LogP contribution in [-0.4, -0.2) is 41.5 Å². The van der Waals surface area contributed by atoms with Crippen molar-refractivity contribution in [2.45, 2.75) is 19.4 Å². The van der Waals surface area contributed by atoms with Gasteiger partial charge in [0, 0.05) is 6.20 Å². The third-order valence-electron chi connectivity index (χ3n) is 3.28. The van der Waals surface area contributed by atoms with E-state index in [0.29, 0.717) is 0 Å². The summed E-state index contributed by atoms with van der Waals surface area (Å²) in [5.74, 6) is 0. The van der Waals surface area contributed by atoms with E-state index in [0.717, 1.165) is 36.5 Å². The van der Waals surface area contributed by atoms with E-state index < -0.39 is 0 Å². The Kier molecular flexibility index (Phi) is 4.72. The first-order valence-corrected chi connectivity index (χ1v) is 6.85. The number of aryl methyl sites for hydroxylation is 1. The summed E-state index contributed by atoms with van der Waals surface area (Å²) in [6.07, 6.45) is 2.97. The molecule has 0 saturated carbocycles.